The topological polar surface area (TPSA) is 55.6 Å². The molecule has 1 aliphatic rings. The number of carbonyl (C=O) groups is 1. The summed E-state index contributed by atoms with van der Waals surface area (Å²) < 4.78 is 5.50. The van der Waals surface area contributed by atoms with Gasteiger partial charge in [-0.05, 0) is 46.0 Å². The lowest BCUT2D eigenvalue weighted by atomic mass is 10.0. The SMILES string of the molecule is CC(C)CC(CN)N(C(=O)OC(C)(C)C)C1CC1. The van der Waals surface area contributed by atoms with Crippen molar-refractivity contribution in [3.63, 3.8) is 0 Å². The molecule has 1 fully saturated rings. The zero-order valence-electron chi connectivity index (χ0n) is 12.4. The van der Waals surface area contributed by atoms with Crippen molar-refractivity contribution < 1.29 is 9.53 Å². The van der Waals surface area contributed by atoms with Crippen molar-refractivity contribution in [2.75, 3.05) is 6.54 Å². The molecule has 1 unspecified atom stereocenters. The zero-order valence-corrected chi connectivity index (χ0v) is 12.4. The Balaban J connectivity index is 2.71. The van der Waals surface area contributed by atoms with Gasteiger partial charge in [0.05, 0.1) is 0 Å². The first-order chi connectivity index (χ1) is 8.24. The molecule has 2 N–H and O–H groups in total. The highest BCUT2D eigenvalue weighted by atomic mass is 16.6. The third-order valence-corrected chi connectivity index (χ3v) is 2.95. The number of nitrogens with two attached hydrogens (primary N) is 1. The van der Waals surface area contributed by atoms with E-state index in [0.717, 1.165) is 19.3 Å². The first-order valence-corrected chi connectivity index (χ1v) is 6.96. The van der Waals surface area contributed by atoms with Crippen LogP contribution in [0.3, 0.4) is 0 Å². The van der Waals surface area contributed by atoms with Gasteiger partial charge in [-0.25, -0.2) is 4.79 Å². The fourth-order valence-corrected chi connectivity index (χ4v) is 2.13. The maximum atomic E-state index is 12.3. The highest BCUT2D eigenvalue weighted by molar-refractivity contribution is 5.69. The minimum atomic E-state index is -0.443. The van der Waals surface area contributed by atoms with Crippen LogP contribution in [0.4, 0.5) is 4.79 Å². The Hall–Kier alpha value is -0.770. The second kappa shape index (κ2) is 5.91. The van der Waals surface area contributed by atoms with Gasteiger partial charge in [-0.2, -0.15) is 0 Å². The Kier molecular flexibility index (Phi) is 5.02. The lowest BCUT2D eigenvalue weighted by molar-refractivity contribution is 0.0127. The van der Waals surface area contributed by atoms with Crippen molar-refractivity contribution in [1.29, 1.82) is 0 Å². The number of carbonyl (C=O) groups excluding carboxylic acids is 1. The highest BCUT2D eigenvalue weighted by Crippen LogP contribution is 2.31. The van der Waals surface area contributed by atoms with E-state index in [1.54, 1.807) is 0 Å². The van der Waals surface area contributed by atoms with Gasteiger partial charge in [0.15, 0.2) is 0 Å². The van der Waals surface area contributed by atoms with Gasteiger partial charge >= 0.3 is 6.09 Å². The van der Waals surface area contributed by atoms with Crippen LogP contribution >= 0.6 is 0 Å². The molecule has 4 heteroatoms. The molecule has 0 aliphatic heterocycles. The molecule has 18 heavy (non-hydrogen) atoms. The fourth-order valence-electron chi connectivity index (χ4n) is 2.13. The summed E-state index contributed by atoms with van der Waals surface area (Å²) in [4.78, 5) is 14.2. The van der Waals surface area contributed by atoms with Gasteiger partial charge in [-0.15, -0.1) is 0 Å². The van der Waals surface area contributed by atoms with Gasteiger partial charge in [-0.1, -0.05) is 13.8 Å². The van der Waals surface area contributed by atoms with Crippen LogP contribution in [-0.2, 0) is 4.74 Å². The summed E-state index contributed by atoms with van der Waals surface area (Å²) in [6.07, 6.45) is 2.88. The molecule has 0 aromatic carbocycles. The first-order valence-electron chi connectivity index (χ1n) is 6.96. The van der Waals surface area contributed by atoms with E-state index < -0.39 is 5.60 Å². The van der Waals surface area contributed by atoms with Crippen LogP contribution in [0.2, 0.25) is 0 Å². The number of ether oxygens (including phenoxy) is 1. The molecule has 1 amide bonds. The van der Waals surface area contributed by atoms with Gasteiger partial charge in [0.1, 0.15) is 5.60 Å². The maximum absolute atomic E-state index is 12.3. The molecular formula is C14H28N2O2. The van der Waals surface area contributed by atoms with E-state index >= 15 is 0 Å². The molecule has 1 saturated carbocycles. The Bertz CT molecular complexity index is 280. The summed E-state index contributed by atoms with van der Waals surface area (Å²) in [6.45, 7) is 10.5. The largest absolute Gasteiger partial charge is 0.444 e. The van der Waals surface area contributed by atoms with Crippen LogP contribution in [0, 0.1) is 5.92 Å². The number of nitrogens with zero attached hydrogens (tertiary/aromatic N) is 1. The van der Waals surface area contributed by atoms with Crippen LogP contribution in [0.15, 0.2) is 0 Å². The van der Waals surface area contributed by atoms with Crippen molar-refractivity contribution in [3.05, 3.63) is 0 Å². The van der Waals surface area contributed by atoms with Crippen molar-refractivity contribution in [2.45, 2.75) is 71.6 Å². The van der Waals surface area contributed by atoms with Gasteiger partial charge in [-0.3, -0.25) is 0 Å². The van der Waals surface area contributed by atoms with E-state index in [-0.39, 0.29) is 12.1 Å². The Morgan fingerprint density at radius 3 is 2.28 bits per heavy atom. The number of amides is 1. The van der Waals surface area contributed by atoms with Crippen LogP contribution in [-0.4, -0.2) is 35.2 Å². The molecule has 0 saturated heterocycles. The number of rotatable bonds is 5. The van der Waals surface area contributed by atoms with Crippen molar-refractivity contribution in [3.8, 4) is 0 Å². The second-order valence-electron chi connectivity index (χ2n) is 6.64. The minimum absolute atomic E-state index is 0.104. The van der Waals surface area contributed by atoms with Crippen molar-refractivity contribution in [1.82, 2.24) is 4.90 Å². The average molecular weight is 256 g/mol. The summed E-state index contributed by atoms with van der Waals surface area (Å²) in [5.41, 5.74) is 5.40. The molecule has 0 aromatic heterocycles. The predicted molar refractivity (Wildman–Crippen MR) is 73.4 cm³/mol. The first kappa shape index (κ1) is 15.3. The quantitative estimate of drug-likeness (QED) is 0.823. The maximum Gasteiger partial charge on any atom is 0.410 e. The summed E-state index contributed by atoms with van der Waals surface area (Å²) >= 11 is 0. The Morgan fingerprint density at radius 2 is 1.94 bits per heavy atom. The van der Waals surface area contributed by atoms with Crippen LogP contribution < -0.4 is 5.73 Å². The van der Waals surface area contributed by atoms with E-state index in [2.05, 4.69) is 13.8 Å². The molecule has 4 nitrogen and oxygen atoms in total. The van der Waals surface area contributed by atoms with Crippen LogP contribution in [0.25, 0.3) is 0 Å². The van der Waals surface area contributed by atoms with E-state index in [1.807, 2.05) is 25.7 Å². The van der Waals surface area contributed by atoms with E-state index in [4.69, 9.17) is 10.5 Å². The Labute approximate surface area is 111 Å². The normalized spacial score (nSPS) is 17.7. The molecule has 0 bridgehead atoms. The van der Waals surface area contributed by atoms with Crippen molar-refractivity contribution >= 4 is 6.09 Å². The minimum Gasteiger partial charge on any atom is -0.444 e. The summed E-state index contributed by atoms with van der Waals surface area (Å²) in [7, 11) is 0. The van der Waals surface area contributed by atoms with Gasteiger partial charge < -0.3 is 15.4 Å². The van der Waals surface area contributed by atoms with Gasteiger partial charge in [0.2, 0.25) is 0 Å². The summed E-state index contributed by atoms with van der Waals surface area (Å²) in [5.74, 6) is 0.530. The van der Waals surface area contributed by atoms with Gasteiger partial charge in [0, 0.05) is 18.6 Å². The standard InChI is InChI=1S/C14H28N2O2/c1-10(2)8-12(9-15)16(11-6-7-11)13(17)18-14(3,4)5/h10-12H,6-9,15H2,1-5H3. The third kappa shape index (κ3) is 4.84. The summed E-state index contributed by atoms with van der Waals surface area (Å²) in [5, 5.41) is 0. The molecule has 0 spiro atoms. The second-order valence-corrected chi connectivity index (χ2v) is 6.64. The lowest BCUT2D eigenvalue weighted by Gasteiger charge is -2.34. The third-order valence-electron chi connectivity index (χ3n) is 2.95. The predicted octanol–water partition coefficient (Wildman–Crippen LogP) is 2.76. The fraction of sp³-hybridized carbons (Fsp3) is 0.929. The van der Waals surface area contributed by atoms with Gasteiger partial charge in [0.25, 0.3) is 0 Å². The van der Waals surface area contributed by atoms with Crippen molar-refractivity contribution in [2.24, 2.45) is 11.7 Å². The van der Waals surface area contributed by atoms with E-state index in [1.165, 1.54) is 0 Å². The molecule has 0 aromatic rings. The molecule has 1 rings (SSSR count). The molecule has 106 valence electrons. The number of hydrogen-bond donors (Lipinski definition) is 1. The summed E-state index contributed by atoms with van der Waals surface area (Å²) in [6, 6.07) is 0.444. The molecule has 1 aliphatic carbocycles. The molecule has 0 radical (unpaired) electrons. The lowest BCUT2D eigenvalue weighted by Crippen LogP contribution is -2.48. The van der Waals surface area contributed by atoms with E-state index in [0.29, 0.717) is 18.5 Å². The number of hydrogen-bond acceptors (Lipinski definition) is 3. The molecule has 1 atom stereocenters. The monoisotopic (exact) mass is 256 g/mol. The molecule has 0 heterocycles. The van der Waals surface area contributed by atoms with Crippen LogP contribution in [0.1, 0.15) is 53.9 Å². The Morgan fingerprint density at radius 1 is 1.39 bits per heavy atom. The average Bonchev–Trinajstić information content (AvgIpc) is 2.97. The smallest absolute Gasteiger partial charge is 0.410 e. The van der Waals surface area contributed by atoms with Crippen LogP contribution in [0.5, 0.6) is 0 Å². The zero-order chi connectivity index (χ0) is 13.9. The van der Waals surface area contributed by atoms with E-state index in [9.17, 15) is 4.79 Å². The highest BCUT2D eigenvalue weighted by Gasteiger charge is 2.39. The molecular weight excluding hydrogens is 228 g/mol.